The number of carbonyl (C=O) groups excluding carboxylic acids is 1. The van der Waals surface area contributed by atoms with Crippen LogP contribution < -0.4 is 0 Å². The van der Waals surface area contributed by atoms with Crippen LogP contribution in [0.3, 0.4) is 0 Å². The topological polar surface area (TPSA) is 29.5 Å². The molecule has 0 aromatic carbocycles. The maximum absolute atomic E-state index is 12.4. The zero-order valence-corrected chi connectivity index (χ0v) is 12.4. The minimum Gasteiger partial charge on any atom is -0.466 e. The molecule has 3 rings (SSSR count). The zero-order chi connectivity index (χ0) is 13.4. The summed E-state index contributed by atoms with van der Waals surface area (Å²) in [6.07, 6.45) is 3.45. The van der Waals surface area contributed by atoms with Crippen LogP contribution in [-0.4, -0.2) is 36.6 Å². The summed E-state index contributed by atoms with van der Waals surface area (Å²) in [6.45, 7) is 2.37. The minimum atomic E-state index is -0.00176. The first-order valence-corrected chi connectivity index (χ1v) is 8.02. The first-order chi connectivity index (χ1) is 9.22. The van der Waals surface area contributed by atoms with Crippen LogP contribution in [0, 0.1) is 5.92 Å². The van der Waals surface area contributed by atoms with E-state index in [9.17, 15) is 4.79 Å². The molecule has 0 saturated carbocycles. The molecule has 1 aromatic rings. The van der Waals surface area contributed by atoms with E-state index in [0.717, 1.165) is 12.8 Å². The lowest BCUT2D eigenvalue weighted by atomic mass is 9.79. The van der Waals surface area contributed by atoms with Gasteiger partial charge in [-0.25, -0.2) is 0 Å². The molecular weight excluding hydrogens is 258 g/mol. The van der Waals surface area contributed by atoms with Gasteiger partial charge in [-0.3, -0.25) is 9.69 Å². The summed E-state index contributed by atoms with van der Waals surface area (Å²) in [6, 6.07) is 5.27. The Balaban J connectivity index is 1.91. The van der Waals surface area contributed by atoms with Crippen molar-refractivity contribution in [2.24, 2.45) is 5.92 Å². The van der Waals surface area contributed by atoms with E-state index in [1.54, 1.807) is 11.3 Å². The Labute approximate surface area is 118 Å². The minimum absolute atomic E-state index is 0.00176. The molecular formula is C15H21NO2S. The van der Waals surface area contributed by atoms with E-state index in [2.05, 4.69) is 29.5 Å². The molecule has 0 radical (unpaired) electrons. The fourth-order valence-corrected chi connectivity index (χ4v) is 4.71. The number of carbonyl (C=O) groups is 1. The lowest BCUT2D eigenvalue weighted by Gasteiger charge is -2.41. The summed E-state index contributed by atoms with van der Waals surface area (Å²) < 4.78 is 5.35. The van der Waals surface area contributed by atoms with Gasteiger partial charge in [-0.1, -0.05) is 6.07 Å². The van der Waals surface area contributed by atoms with Gasteiger partial charge in [0.05, 0.1) is 12.5 Å². The van der Waals surface area contributed by atoms with Gasteiger partial charge in [0.15, 0.2) is 0 Å². The van der Waals surface area contributed by atoms with Gasteiger partial charge in [-0.05, 0) is 44.7 Å². The third-order valence-electron chi connectivity index (χ3n) is 4.74. The number of nitrogens with zero attached hydrogens (tertiary/aromatic N) is 1. The van der Waals surface area contributed by atoms with Crippen LogP contribution >= 0.6 is 11.3 Å². The second-order valence-electron chi connectivity index (χ2n) is 5.60. The van der Waals surface area contributed by atoms with E-state index in [1.807, 2.05) is 6.92 Å². The molecule has 0 spiro atoms. The van der Waals surface area contributed by atoms with Crippen LogP contribution in [0.25, 0.3) is 0 Å². The van der Waals surface area contributed by atoms with Crippen LogP contribution in [0.15, 0.2) is 17.5 Å². The van der Waals surface area contributed by atoms with Crippen molar-refractivity contribution in [1.29, 1.82) is 0 Å². The highest BCUT2D eigenvalue weighted by Gasteiger charge is 2.49. The van der Waals surface area contributed by atoms with Gasteiger partial charge in [0.25, 0.3) is 0 Å². The molecule has 3 heterocycles. The number of esters is 1. The van der Waals surface area contributed by atoms with Crippen LogP contribution in [0.5, 0.6) is 0 Å². The summed E-state index contributed by atoms with van der Waals surface area (Å²) in [5.74, 6) is 0.369. The molecule has 19 heavy (non-hydrogen) atoms. The van der Waals surface area contributed by atoms with Crippen molar-refractivity contribution in [2.75, 3.05) is 13.7 Å². The van der Waals surface area contributed by atoms with Crippen LogP contribution in [-0.2, 0) is 9.53 Å². The van der Waals surface area contributed by atoms with Gasteiger partial charge in [-0.15, -0.1) is 11.3 Å². The third kappa shape index (κ3) is 2.21. The Morgan fingerprint density at radius 3 is 3.05 bits per heavy atom. The number of thiophene rings is 1. The molecule has 2 unspecified atom stereocenters. The number of hydrogen-bond acceptors (Lipinski definition) is 4. The standard InChI is InChI=1S/C15H21NO2S/c1-3-18-15(17)14-11(13-5-4-8-19-13)9-10-6-7-12(14)16(10)2/h4-5,8,10-12,14H,3,6-7,9H2,1-2H3/t10?,11-,12?,14-/m0/s1. The molecule has 2 saturated heterocycles. The van der Waals surface area contributed by atoms with Crippen molar-refractivity contribution in [1.82, 2.24) is 4.90 Å². The quantitative estimate of drug-likeness (QED) is 0.797. The van der Waals surface area contributed by atoms with Crippen LogP contribution in [0.4, 0.5) is 0 Å². The van der Waals surface area contributed by atoms with Crippen LogP contribution in [0.2, 0.25) is 0 Å². The molecule has 4 atom stereocenters. The maximum atomic E-state index is 12.4. The van der Waals surface area contributed by atoms with Gasteiger partial charge in [-0.2, -0.15) is 0 Å². The number of rotatable bonds is 3. The molecule has 3 nitrogen and oxygen atoms in total. The molecule has 2 bridgehead atoms. The summed E-state index contributed by atoms with van der Waals surface area (Å²) >= 11 is 1.78. The van der Waals surface area contributed by atoms with Crippen molar-refractivity contribution < 1.29 is 9.53 Å². The van der Waals surface area contributed by atoms with E-state index in [0.29, 0.717) is 24.6 Å². The van der Waals surface area contributed by atoms with Gasteiger partial charge < -0.3 is 4.74 Å². The van der Waals surface area contributed by atoms with E-state index in [1.165, 1.54) is 11.3 Å². The summed E-state index contributed by atoms with van der Waals surface area (Å²) in [5, 5.41) is 2.11. The summed E-state index contributed by atoms with van der Waals surface area (Å²) in [4.78, 5) is 16.2. The smallest absolute Gasteiger partial charge is 0.311 e. The predicted octanol–water partition coefficient (Wildman–Crippen LogP) is 2.88. The van der Waals surface area contributed by atoms with E-state index in [-0.39, 0.29) is 11.9 Å². The molecule has 4 heteroatoms. The number of ether oxygens (including phenoxy) is 1. The Morgan fingerprint density at radius 1 is 1.53 bits per heavy atom. The normalized spacial score (nSPS) is 34.4. The van der Waals surface area contributed by atoms with Gasteiger partial charge in [0.2, 0.25) is 0 Å². The third-order valence-corrected chi connectivity index (χ3v) is 5.74. The molecule has 0 aliphatic carbocycles. The Hall–Kier alpha value is -0.870. The average Bonchev–Trinajstić information content (AvgIpc) is 2.97. The number of piperidine rings is 1. The Bertz CT molecular complexity index is 445. The van der Waals surface area contributed by atoms with Gasteiger partial charge in [0.1, 0.15) is 0 Å². The fourth-order valence-electron chi connectivity index (χ4n) is 3.82. The second-order valence-corrected chi connectivity index (χ2v) is 6.58. The first-order valence-electron chi connectivity index (χ1n) is 7.14. The maximum Gasteiger partial charge on any atom is 0.311 e. The van der Waals surface area contributed by atoms with E-state index in [4.69, 9.17) is 4.74 Å². The largest absolute Gasteiger partial charge is 0.466 e. The van der Waals surface area contributed by atoms with Gasteiger partial charge >= 0.3 is 5.97 Å². The van der Waals surface area contributed by atoms with E-state index < -0.39 is 0 Å². The van der Waals surface area contributed by atoms with Crippen LogP contribution in [0.1, 0.15) is 37.0 Å². The highest BCUT2D eigenvalue weighted by atomic mass is 32.1. The lowest BCUT2D eigenvalue weighted by Crippen LogP contribution is -2.49. The molecule has 2 fully saturated rings. The Morgan fingerprint density at radius 2 is 2.37 bits per heavy atom. The van der Waals surface area contributed by atoms with Gasteiger partial charge in [0, 0.05) is 22.9 Å². The highest BCUT2D eigenvalue weighted by Crippen LogP contribution is 2.47. The average molecular weight is 279 g/mol. The van der Waals surface area contributed by atoms with Crippen molar-refractivity contribution in [3.05, 3.63) is 22.4 Å². The molecule has 1 aromatic heterocycles. The Kier molecular flexibility index (Phi) is 3.63. The predicted molar refractivity (Wildman–Crippen MR) is 76.4 cm³/mol. The number of hydrogen-bond donors (Lipinski definition) is 0. The summed E-state index contributed by atoms with van der Waals surface area (Å²) in [7, 11) is 2.17. The number of fused-ring (bicyclic) bond motifs is 2. The monoisotopic (exact) mass is 279 g/mol. The SMILES string of the molecule is CCOC(=O)[C@@H]1C2CCC(C[C@H]1c1cccs1)N2C. The molecule has 0 N–H and O–H groups in total. The van der Waals surface area contributed by atoms with Crippen molar-refractivity contribution in [3.63, 3.8) is 0 Å². The molecule has 2 aliphatic heterocycles. The molecule has 0 amide bonds. The van der Waals surface area contributed by atoms with Crippen molar-refractivity contribution in [2.45, 2.75) is 44.2 Å². The van der Waals surface area contributed by atoms with E-state index >= 15 is 0 Å². The van der Waals surface area contributed by atoms with Crippen molar-refractivity contribution >= 4 is 17.3 Å². The first kappa shape index (κ1) is 13.1. The highest BCUT2D eigenvalue weighted by molar-refractivity contribution is 7.10. The second kappa shape index (κ2) is 5.25. The fraction of sp³-hybridized carbons (Fsp3) is 0.667. The van der Waals surface area contributed by atoms with Crippen molar-refractivity contribution in [3.8, 4) is 0 Å². The lowest BCUT2D eigenvalue weighted by molar-refractivity contribution is -0.152. The molecule has 104 valence electrons. The molecule has 2 aliphatic rings. The zero-order valence-electron chi connectivity index (χ0n) is 11.5. The summed E-state index contributed by atoms with van der Waals surface area (Å²) in [5.41, 5.74) is 0.